The fraction of sp³-hybridized carbons (Fsp3) is 0.136. The summed E-state index contributed by atoms with van der Waals surface area (Å²) in [6.45, 7) is -0.0592. The minimum Gasteiger partial charge on any atom is -0.342 e. The smallest absolute Gasteiger partial charge is 0.329 e. The molecule has 6 heteroatoms. The average Bonchev–Trinajstić information content (AvgIpc) is 2.98. The standard InChI is InChI=1S/C22H20N4O2/c1-25-18-12-5-6-13-19(18)26(22(25)28)15-20(27)24-21(16-9-3-2-4-10-16)17-11-7-8-14-23-17/h2-14,21H,15H2,1H3,(H,24,27)/t21-/m1/s1. The SMILES string of the molecule is Cn1c(=O)n(CC(=O)N[C@H](c2ccccc2)c2ccccn2)c2ccccc21. The molecule has 1 N–H and O–H groups in total. The first-order valence-electron chi connectivity index (χ1n) is 9.04. The van der Waals surface area contributed by atoms with E-state index in [1.165, 1.54) is 4.57 Å². The van der Waals surface area contributed by atoms with Gasteiger partial charge in [0.2, 0.25) is 5.91 Å². The van der Waals surface area contributed by atoms with Gasteiger partial charge in [-0.2, -0.15) is 0 Å². The Kier molecular flexibility index (Phi) is 4.76. The first-order chi connectivity index (χ1) is 13.6. The van der Waals surface area contributed by atoms with Crippen LogP contribution in [0.4, 0.5) is 0 Å². The van der Waals surface area contributed by atoms with Crippen LogP contribution in [-0.2, 0) is 18.4 Å². The number of pyridine rings is 1. The molecule has 0 unspecified atom stereocenters. The number of imidazole rings is 1. The number of amides is 1. The van der Waals surface area contributed by atoms with Crippen LogP contribution in [0, 0.1) is 0 Å². The van der Waals surface area contributed by atoms with Crippen molar-refractivity contribution in [2.75, 3.05) is 0 Å². The van der Waals surface area contributed by atoms with Crippen molar-refractivity contribution in [3.8, 4) is 0 Å². The molecule has 6 nitrogen and oxygen atoms in total. The van der Waals surface area contributed by atoms with E-state index in [1.54, 1.807) is 17.8 Å². The monoisotopic (exact) mass is 372 g/mol. The Bertz CT molecular complexity index is 1120. The van der Waals surface area contributed by atoms with E-state index in [-0.39, 0.29) is 24.2 Å². The second-order valence-corrected chi connectivity index (χ2v) is 6.58. The predicted octanol–water partition coefficient (Wildman–Crippen LogP) is 2.64. The lowest BCUT2D eigenvalue weighted by Crippen LogP contribution is -2.35. The molecule has 2 aromatic carbocycles. The molecule has 0 saturated heterocycles. The lowest BCUT2D eigenvalue weighted by Gasteiger charge is -2.19. The van der Waals surface area contributed by atoms with Crippen LogP contribution < -0.4 is 11.0 Å². The highest BCUT2D eigenvalue weighted by Crippen LogP contribution is 2.20. The van der Waals surface area contributed by atoms with Gasteiger partial charge in [-0.15, -0.1) is 0 Å². The van der Waals surface area contributed by atoms with E-state index in [0.717, 1.165) is 22.3 Å². The maximum atomic E-state index is 12.9. The molecule has 0 aliphatic heterocycles. The molecule has 1 amide bonds. The Morgan fingerprint density at radius 1 is 0.964 bits per heavy atom. The van der Waals surface area contributed by atoms with E-state index in [4.69, 9.17) is 0 Å². The molecule has 0 aliphatic carbocycles. The van der Waals surface area contributed by atoms with Crippen LogP contribution in [0.25, 0.3) is 11.0 Å². The van der Waals surface area contributed by atoms with Crippen molar-refractivity contribution in [1.29, 1.82) is 0 Å². The fourth-order valence-corrected chi connectivity index (χ4v) is 3.39. The van der Waals surface area contributed by atoms with Gasteiger partial charge < -0.3 is 5.32 Å². The maximum Gasteiger partial charge on any atom is 0.329 e. The molecule has 2 aromatic heterocycles. The van der Waals surface area contributed by atoms with Crippen LogP contribution in [-0.4, -0.2) is 20.0 Å². The summed E-state index contributed by atoms with van der Waals surface area (Å²) in [5.74, 6) is -0.252. The molecule has 0 bridgehead atoms. The van der Waals surface area contributed by atoms with E-state index < -0.39 is 0 Å². The normalized spacial score (nSPS) is 12.0. The van der Waals surface area contributed by atoms with Gasteiger partial charge in [-0.25, -0.2) is 4.79 Å². The van der Waals surface area contributed by atoms with E-state index in [0.29, 0.717) is 0 Å². The molecule has 0 fully saturated rings. The molecular formula is C22H20N4O2. The number of benzene rings is 2. The van der Waals surface area contributed by atoms with Gasteiger partial charge in [-0.05, 0) is 29.8 Å². The molecule has 4 aromatic rings. The Morgan fingerprint density at radius 3 is 2.36 bits per heavy atom. The minimum atomic E-state index is -0.388. The summed E-state index contributed by atoms with van der Waals surface area (Å²) < 4.78 is 3.04. The van der Waals surface area contributed by atoms with Crippen LogP contribution >= 0.6 is 0 Å². The number of nitrogens with one attached hydrogen (secondary N) is 1. The van der Waals surface area contributed by atoms with Crippen molar-refractivity contribution >= 4 is 16.9 Å². The lowest BCUT2D eigenvalue weighted by molar-refractivity contribution is -0.122. The van der Waals surface area contributed by atoms with Crippen molar-refractivity contribution in [3.63, 3.8) is 0 Å². The number of carbonyl (C=O) groups is 1. The van der Waals surface area contributed by atoms with Crippen LogP contribution in [0.1, 0.15) is 17.3 Å². The van der Waals surface area contributed by atoms with Crippen molar-refractivity contribution in [1.82, 2.24) is 19.4 Å². The molecule has 28 heavy (non-hydrogen) atoms. The summed E-state index contributed by atoms with van der Waals surface area (Å²) in [7, 11) is 1.71. The second kappa shape index (κ2) is 7.52. The molecular weight excluding hydrogens is 352 g/mol. The molecule has 0 aliphatic rings. The predicted molar refractivity (Wildman–Crippen MR) is 108 cm³/mol. The number of carbonyl (C=O) groups excluding carboxylic acids is 1. The largest absolute Gasteiger partial charge is 0.342 e. The van der Waals surface area contributed by atoms with Crippen LogP contribution in [0.5, 0.6) is 0 Å². The summed E-state index contributed by atoms with van der Waals surface area (Å²) in [4.78, 5) is 29.8. The first-order valence-corrected chi connectivity index (χ1v) is 9.04. The highest BCUT2D eigenvalue weighted by molar-refractivity contribution is 5.81. The molecule has 0 saturated carbocycles. The van der Waals surface area contributed by atoms with Crippen LogP contribution in [0.15, 0.2) is 83.8 Å². The zero-order valence-corrected chi connectivity index (χ0v) is 15.4. The molecule has 4 rings (SSSR count). The van der Waals surface area contributed by atoms with E-state index >= 15 is 0 Å². The average molecular weight is 372 g/mol. The topological polar surface area (TPSA) is 68.9 Å². The van der Waals surface area contributed by atoms with Crippen molar-refractivity contribution in [3.05, 3.63) is 101 Å². The van der Waals surface area contributed by atoms with Gasteiger partial charge in [-0.3, -0.25) is 18.9 Å². The van der Waals surface area contributed by atoms with Crippen LogP contribution in [0.3, 0.4) is 0 Å². The number of aryl methyl sites for hydroxylation is 1. The number of fused-ring (bicyclic) bond motifs is 1. The van der Waals surface area contributed by atoms with Crippen molar-refractivity contribution < 1.29 is 4.79 Å². The zero-order chi connectivity index (χ0) is 19.5. The zero-order valence-electron chi connectivity index (χ0n) is 15.4. The Hall–Kier alpha value is -3.67. The Labute approximate surface area is 162 Å². The molecule has 0 radical (unpaired) electrons. The van der Waals surface area contributed by atoms with Gasteiger partial charge in [0.25, 0.3) is 0 Å². The molecule has 2 heterocycles. The third kappa shape index (κ3) is 3.32. The van der Waals surface area contributed by atoms with Crippen molar-refractivity contribution in [2.45, 2.75) is 12.6 Å². The van der Waals surface area contributed by atoms with Gasteiger partial charge in [0.1, 0.15) is 6.54 Å². The number of nitrogens with zero attached hydrogens (tertiary/aromatic N) is 3. The van der Waals surface area contributed by atoms with Gasteiger partial charge in [0, 0.05) is 13.2 Å². The Morgan fingerprint density at radius 2 is 1.64 bits per heavy atom. The van der Waals surface area contributed by atoms with E-state index in [9.17, 15) is 9.59 Å². The van der Waals surface area contributed by atoms with Crippen LogP contribution in [0.2, 0.25) is 0 Å². The Balaban J connectivity index is 1.65. The summed E-state index contributed by atoms with van der Waals surface area (Å²) in [6.07, 6.45) is 1.70. The fourth-order valence-electron chi connectivity index (χ4n) is 3.39. The number of para-hydroxylation sites is 2. The molecule has 140 valence electrons. The summed E-state index contributed by atoms with van der Waals surface area (Å²) in [5, 5.41) is 3.03. The lowest BCUT2D eigenvalue weighted by atomic mass is 10.0. The van der Waals surface area contributed by atoms with Gasteiger partial charge in [0.05, 0.1) is 22.8 Å². The number of hydrogen-bond acceptors (Lipinski definition) is 3. The quantitative estimate of drug-likeness (QED) is 0.586. The van der Waals surface area contributed by atoms with Gasteiger partial charge >= 0.3 is 5.69 Å². The van der Waals surface area contributed by atoms with Crippen molar-refractivity contribution in [2.24, 2.45) is 7.05 Å². The highest BCUT2D eigenvalue weighted by Gasteiger charge is 2.19. The van der Waals surface area contributed by atoms with E-state index in [1.807, 2.05) is 72.8 Å². The highest BCUT2D eigenvalue weighted by atomic mass is 16.2. The second-order valence-electron chi connectivity index (χ2n) is 6.58. The number of aromatic nitrogens is 3. The third-order valence-corrected chi connectivity index (χ3v) is 4.78. The van der Waals surface area contributed by atoms with Gasteiger partial charge in [0.15, 0.2) is 0 Å². The maximum absolute atomic E-state index is 12.9. The minimum absolute atomic E-state index is 0.0592. The number of hydrogen-bond donors (Lipinski definition) is 1. The summed E-state index contributed by atoms with van der Waals surface area (Å²) in [5.41, 5.74) is 2.99. The number of rotatable bonds is 5. The molecule has 1 atom stereocenters. The van der Waals surface area contributed by atoms with Gasteiger partial charge in [-0.1, -0.05) is 48.5 Å². The van der Waals surface area contributed by atoms with E-state index in [2.05, 4.69) is 10.3 Å². The first kappa shape index (κ1) is 17.7. The summed E-state index contributed by atoms with van der Waals surface area (Å²) >= 11 is 0. The molecule has 0 spiro atoms. The third-order valence-electron chi connectivity index (χ3n) is 4.78. The summed E-state index contributed by atoms with van der Waals surface area (Å²) in [6, 6.07) is 22.3.